The number of hydrogen-bond donors (Lipinski definition) is 2. The number of carbonyl (C=O) groups is 1. The van der Waals surface area contributed by atoms with Gasteiger partial charge in [-0.25, -0.2) is 0 Å². The number of hydrogen-bond acceptors (Lipinski definition) is 6. The highest BCUT2D eigenvalue weighted by atomic mass is 16.5. The Kier molecular flexibility index (Phi) is 6.32. The first-order valence-corrected chi connectivity index (χ1v) is 10.2. The number of benzene rings is 2. The zero-order valence-corrected chi connectivity index (χ0v) is 17.1. The maximum absolute atomic E-state index is 11.2. The highest BCUT2D eigenvalue weighted by Crippen LogP contribution is 2.28. The fourth-order valence-corrected chi connectivity index (χ4v) is 3.58. The Morgan fingerprint density at radius 3 is 2.68 bits per heavy atom. The Balaban J connectivity index is 1.45. The molecule has 1 saturated heterocycles. The van der Waals surface area contributed by atoms with Crippen LogP contribution < -0.4 is 11.1 Å². The lowest BCUT2D eigenvalue weighted by Gasteiger charge is -2.26. The Labute approximate surface area is 180 Å². The fourth-order valence-electron chi connectivity index (χ4n) is 3.58. The van der Waals surface area contributed by atoms with Crippen LogP contribution in [0.1, 0.15) is 5.76 Å². The summed E-state index contributed by atoms with van der Waals surface area (Å²) in [5.41, 5.74) is 7.03. The zero-order chi connectivity index (χ0) is 21.6. The van der Waals surface area contributed by atoms with Gasteiger partial charge in [-0.15, -0.1) is 0 Å². The molecule has 1 aliphatic heterocycles. The molecular formula is C24H24N4O3. The SMILES string of the molecule is N#C/C(=C\c1ccc(-c2ccc3cc(NCCN4CCOCC4)ccc3c2)o1)C(N)=O. The van der Waals surface area contributed by atoms with E-state index in [1.54, 1.807) is 12.1 Å². The molecule has 7 nitrogen and oxygen atoms in total. The van der Waals surface area contributed by atoms with Crippen LogP contribution in [0.3, 0.4) is 0 Å². The van der Waals surface area contributed by atoms with Gasteiger partial charge in [-0.2, -0.15) is 5.26 Å². The number of rotatable bonds is 7. The third-order valence-electron chi connectivity index (χ3n) is 5.28. The van der Waals surface area contributed by atoms with Crippen molar-refractivity contribution < 1.29 is 13.9 Å². The topological polar surface area (TPSA) is 105 Å². The molecule has 7 heteroatoms. The van der Waals surface area contributed by atoms with Crippen molar-refractivity contribution in [3.8, 4) is 17.4 Å². The lowest BCUT2D eigenvalue weighted by Crippen LogP contribution is -2.38. The van der Waals surface area contributed by atoms with E-state index in [9.17, 15) is 4.79 Å². The summed E-state index contributed by atoms with van der Waals surface area (Å²) in [6.45, 7) is 5.51. The standard InChI is InChI=1S/C24H24N4O3/c25-16-20(24(26)29)15-22-5-6-23(31-22)19-2-1-18-14-21(4-3-17(18)13-19)27-7-8-28-9-11-30-12-10-28/h1-6,13-15,27H,7-12H2,(H2,26,29)/b20-15+. The van der Waals surface area contributed by atoms with Crippen molar-refractivity contribution in [2.75, 3.05) is 44.7 Å². The molecule has 1 aromatic heterocycles. The summed E-state index contributed by atoms with van der Waals surface area (Å²) in [6.07, 6.45) is 1.35. The maximum atomic E-state index is 11.2. The van der Waals surface area contributed by atoms with Gasteiger partial charge in [0.2, 0.25) is 0 Å². The number of nitrogens with zero attached hydrogens (tertiary/aromatic N) is 2. The Morgan fingerprint density at radius 1 is 1.13 bits per heavy atom. The molecule has 158 valence electrons. The van der Waals surface area contributed by atoms with Crippen molar-refractivity contribution in [2.24, 2.45) is 5.73 Å². The van der Waals surface area contributed by atoms with Crippen LogP contribution in [0.2, 0.25) is 0 Å². The number of furan rings is 1. The van der Waals surface area contributed by atoms with Gasteiger partial charge in [0.05, 0.1) is 13.2 Å². The van der Waals surface area contributed by atoms with Crippen molar-refractivity contribution in [3.63, 3.8) is 0 Å². The van der Waals surface area contributed by atoms with Crippen LogP contribution in [0, 0.1) is 11.3 Å². The molecule has 3 N–H and O–H groups in total. The van der Waals surface area contributed by atoms with Gasteiger partial charge in [0.15, 0.2) is 0 Å². The molecule has 31 heavy (non-hydrogen) atoms. The van der Waals surface area contributed by atoms with Gasteiger partial charge in [0.25, 0.3) is 5.91 Å². The summed E-state index contributed by atoms with van der Waals surface area (Å²) < 4.78 is 11.2. The van der Waals surface area contributed by atoms with Crippen molar-refractivity contribution in [2.45, 2.75) is 0 Å². The molecule has 0 saturated carbocycles. The molecular weight excluding hydrogens is 392 g/mol. The summed E-state index contributed by atoms with van der Waals surface area (Å²) in [6, 6.07) is 17.7. The second-order valence-electron chi connectivity index (χ2n) is 7.39. The number of primary amides is 1. The van der Waals surface area contributed by atoms with E-state index in [1.807, 2.05) is 12.1 Å². The molecule has 1 amide bonds. The predicted octanol–water partition coefficient (Wildman–Crippen LogP) is 3.24. The summed E-state index contributed by atoms with van der Waals surface area (Å²) >= 11 is 0. The molecule has 0 bridgehead atoms. The highest BCUT2D eigenvalue weighted by Gasteiger charge is 2.10. The van der Waals surface area contributed by atoms with E-state index in [0.29, 0.717) is 11.5 Å². The van der Waals surface area contributed by atoms with Gasteiger partial charge in [-0.1, -0.05) is 18.2 Å². The summed E-state index contributed by atoms with van der Waals surface area (Å²) in [5, 5.41) is 14.7. The lowest BCUT2D eigenvalue weighted by atomic mass is 10.0. The van der Waals surface area contributed by atoms with Crippen molar-refractivity contribution in [3.05, 3.63) is 59.9 Å². The number of amides is 1. The third kappa shape index (κ3) is 5.12. The molecule has 1 fully saturated rings. The summed E-state index contributed by atoms with van der Waals surface area (Å²) in [7, 11) is 0. The molecule has 0 atom stereocenters. The number of nitrogens with one attached hydrogen (secondary N) is 1. The Hall–Kier alpha value is -3.60. The molecule has 3 aromatic rings. The second kappa shape index (κ2) is 9.47. The molecule has 0 radical (unpaired) electrons. The monoisotopic (exact) mass is 416 g/mol. The quantitative estimate of drug-likeness (QED) is 0.453. The largest absolute Gasteiger partial charge is 0.457 e. The molecule has 2 aromatic carbocycles. The van der Waals surface area contributed by atoms with E-state index in [0.717, 1.165) is 61.4 Å². The van der Waals surface area contributed by atoms with Gasteiger partial charge < -0.3 is 20.2 Å². The zero-order valence-electron chi connectivity index (χ0n) is 17.1. The van der Waals surface area contributed by atoms with Crippen LogP contribution in [0.15, 0.2) is 58.5 Å². The van der Waals surface area contributed by atoms with E-state index in [-0.39, 0.29) is 5.57 Å². The van der Waals surface area contributed by atoms with E-state index in [2.05, 4.69) is 40.5 Å². The van der Waals surface area contributed by atoms with E-state index >= 15 is 0 Å². The van der Waals surface area contributed by atoms with E-state index < -0.39 is 5.91 Å². The van der Waals surface area contributed by atoms with Gasteiger partial charge in [0.1, 0.15) is 23.2 Å². The summed E-state index contributed by atoms with van der Waals surface area (Å²) in [5.74, 6) is 0.286. The highest BCUT2D eigenvalue weighted by molar-refractivity contribution is 6.00. The van der Waals surface area contributed by atoms with Crippen molar-refractivity contribution in [1.29, 1.82) is 5.26 Å². The number of carbonyl (C=O) groups excluding carboxylic acids is 1. The number of nitrogens with two attached hydrogens (primary N) is 1. The van der Waals surface area contributed by atoms with E-state index in [1.165, 1.54) is 6.08 Å². The van der Waals surface area contributed by atoms with Crippen LogP contribution in [0.4, 0.5) is 5.69 Å². The van der Waals surface area contributed by atoms with Gasteiger partial charge in [-0.05, 0) is 41.1 Å². The van der Waals surface area contributed by atoms with Gasteiger partial charge in [-0.3, -0.25) is 9.69 Å². The minimum atomic E-state index is -0.777. The van der Waals surface area contributed by atoms with Crippen molar-refractivity contribution in [1.82, 2.24) is 4.90 Å². The fraction of sp³-hybridized carbons (Fsp3) is 0.250. The molecule has 0 unspecified atom stereocenters. The normalized spacial score (nSPS) is 15.0. The molecule has 0 aliphatic carbocycles. The molecule has 4 rings (SSSR count). The summed E-state index contributed by atoms with van der Waals surface area (Å²) in [4.78, 5) is 13.6. The van der Waals surface area contributed by atoms with Crippen LogP contribution in [0.25, 0.3) is 28.2 Å². The first-order chi connectivity index (χ1) is 15.1. The molecule has 2 heterocycles. The van der Waals surface area contributed by atoms with E-state index in [4.69, 9.17) is 20.1 Å². The van der Waals surface area contributed by atoms with Gasteiger partial charge >= 0.3 is 0 Å². The number of nitriles is 1. The Bertz CT molecular complexity index is 1150. The lowest BCUT2D eigenvalue weighted by molar-refractivity contribution is -0.114. The third-order valence-corrected chi connectivity index (χ3v) is 5.28. The maximum Gasteiger partial charge on any atom is 0.259 e. The van der Waals surface area contributed by atoms with Crippen LogP contribution >= 0.6 is 0 Å². The molecule has 0 spiro atoms. The number of morpholine rings is 1. The van der Waals surface area contributed by atoms with Crippen molar-refractivity contribution >= 4 is 28.4 Å². The average molecular weight is 416 g/mol. The average Bonchev–Trinajstić information content (AvgIpc) is 3.26. The second-order valence-corrected chi connectivity index (χ2v) is 7.39. The first-order valence-electron chi connectivity index (χ1n) is 10.2. The smallest absolute Gasteiger partial charge is 0.259 e. The number of anilines is 1. The minimum absolute atomic E-state index is 0.145. The number of ether oxygens (including phenoxy) is 1. The van der Waals surface area contributed by atoms with Crippen LogP contribution in [-0.4, -0.2) is 50.2 Å². The van der Waals surface area contributed by atoms with Crippen LogP contribution in [-0.2, 0) is 9.53 Å². The predicted molar refractivity (Wildman–Crippen MR) is 120 cm³/mol. The Morgan fingerprint density at radius 2 is 1.90 bits per heavy atom. The van der Waals surface area contributed by atoms with Gasteiger partial charge in [0, 0.05) is 43.5 Å². The van der Waals surface area contributed by atoms with Crippen LogP contribution in [0.5, 0.6) is 0 Å². The number of fused-ring (bicyclic) bond motifs is 1. The molecule has 1 aliphatic rings. The minimum Gasteiger partial charge on any atom is -0.457 e. The first kappa shape index (κ1) is 20.7.